The van der Waals surface area contributed by atoms with Crippen LogP contribution >= 0.6 is 11.3 Å². The number of methoxy groups -OCH3 is 1. The number of fused-ring (bicyclic) bond motifs is 1. The third kappa shape index (κ3) is 3.78. The molecule has 176 valence electrons. The maximum atomic E-state index is 13.5. The van der Waals surface area contributed by atoms with Gasteiger partial charge >= 0.3 is 5.91 Å². The molecule has 4 aromatic rings. The van der Waals surface area contributed by atoms with Gasteiger partial charge in [-0.15, -0.1) is 0 Å². The third-order valence-electron chi connectivity index (χ3n) is 6.23. The van der Waals surface area contributed by atoms with Gasteiger partial charge in [-0.25, -0.2) is 4.98 Å². The number of anilines is 1. The lowest BCUT2D eigenvalue weighted by atomic mass is 9.94. The number of nitrogens with zero attached hydrogens (tertiary/aromatic N) is 2. The minimum atomic E-state index is -0.894. The average molecular weight is 485 g/mol. The van der Waals surface area contributed by atoms with Crippen molar-refractivity contribution in [1.29, 1.82) is 0 Å². The number of Topliss-reactive ketones (excluding diaryl/α,β-unsaturated/α-hetero) is 1. The molecule has 2 heterocycles. The number of aliphatic hydroxyl groups excluding tert-OH is 1. The molecule has 0 spiro atoms. The maximum absolute atomic E-state index is 13.5. The fourth-order valence-electron chi connectivity index (χ4n) is 4.55. The summed E-state index contributed by atoms with van der Waals surface area (Å²) in [6.45, 7) is 5.92. The Labute approximate surface area is 207 Å². The smallest absolute Gasteiger partial charge is 0.301 e. The molecular weight excluding hydrogens is 460 g/mol. The highest BCUT2D eigenvalue weighted by molar-refractivity contribution is 7.22. The molecule has 0 saturated carbocycles. The molecule has 1 atom stereocenters. The van der Waals surface area contributed by atoms with E-state index in [2.05, 4.69) is 0 Å². The number of thiazole rings is 1. The summed E-state index contributed by atoms with van der Waals surface area (Å²) >= 11 is 1.35. The molecule has 1 amide bonds. The molecule has 3 aromatic carbocycles. The number of aliphatic hydroxyl groups is 1. The minimum absolute atomic E-state index is 0.00973. The Morgan fingerprint density at radius 3 is 2.43 bits per heavy atom. The van der Waals surface area contributed by atoms with Crippen molar-refractivity contribution in [2.24, 2.45) is 0 Å². The molecule has 35 heavy (non-hydrogen) atoms. The van der Waals surface area contributed by atoms with Crippen LogP contribution in [0.2, 0.25) is 0 Å². The van der Waals surface area contributed by atoms with Crippen LogP contribution in [0.15, 0.2) is 66.2 Å². The zero-order chi connectivity index (χ0) is 24.9. The van der Waals surface area contributed by atoms with Gasteiger partial charge in [0.2, 0.25) is 0 Å². The molecule has 7 heteroatoms. The van der Waals surface area contributed by atoms with Crippen LogP contribution in [0.5, 0.6) is 5.75 Å². The fourth-order valence-corrected chi connectivity index (χ4v) is 5.71. The van der Waals surface area contributed by atoms with Crippen molar-refractivity contribution in [3.05, 3.63) is 94.1 Å². The van der Waals surface area contributed by atoms with Crippen LogP contribution in [-0.4, -0.2) is 28.9 Å². The van der Waals surface area contributed by atoms with Crippen molar-refractivity contribution in [1.82, 2.24) is 4.98 Å². The number of ether oxygens (including phenoxy) is 1. The van der Waals surface area contributed by atoms with Crippen LogP contribution in [0.4, 0.5) is 5.13 Å². The second-order valence-corrected chi connectivity index (χ2v) is 9.71. The van der Waals surface area contributed by atoms with Gasteiger partial charge < -0.3 is 9.84 Å². The summed E-state index contributed by atoms with van der Waals surface area (Å²) in [4.78, 5) is 33.0. The quantitative estimate of drug-likeness (QED) is 0.223. The first-order chi connectivity index (χ1) is 16.8. The monoisotopic (exact) mass is 484 g/mol. The van der Waals surface area contributed by atoms with Crippen molar-refractivity contribution in [2.75, 3.05) is 12.0 Å². The van der Waals surface area contributed by atoms with E-state index in [1.54, 1.807) is 24.3 Å². The lowest BCUT2D eigenvalue weighted by Gasteiger charge is -2.24. The van der Waals surface area contributed by atoms with Crippen LogP contribution in [0.25, 0.3) is 16.0 Å². The molecule has 1 unspecified atom stereocenters. The summed E-state index contributed by atoms with van der Waals surface area (Å²) in [7, 11) is 1.54. The van der Waals surface area contributed by atoms with Crippen molar-refractivity contribution >= 4 is 44.1 Å². The number of ketones is 1. The van der Waals surface area contributed by atoms with E-state index in [1.807, 2.05) is 57.2 Å². The SMILES string of the molecule is COc1ccccc1C1C(=C(O)c2ccc(C)cc2)C(=O)C(=O)N1c1nc2c(C)cc(C)cc2s1. The first kappa shape index (κ1) is 22.8. The van der Waals surface area contributed by atoms with Crippen molar-refractivity contribution in [2.45, 2.75) is 26.8 Å². The second-order valence-electron chi connectivity index (χ2n) is 8.70. The molecule has 1 N–H and O–H groups in total. The number of para-hydroxylation sites is 1. The Morgan fingerprint density at radius 1 is 1.00 bits per heavy atom. The van der Waals surface area contributed by atoms with Gasteiger partial charge in [0.25, 0.3) is 5.78 Å². The van der Waals surface area contributed by atoms with Gasteiger partial charge in [-0.2, -0.15) is 0 Å². The van der Waals surface area contributed by atoms with Gasteiger partial charge in [0.05, 0.1) is 22.9 Å². The topological polar surface area (TPSA) is 79.7 Å². The van der Waals surface area contributed by atoms with Crippen LogP contribution in [0, 0.1) is 20.8 Å². The lowest BCUT2D eigenvalue weighted by molar-refractivity contribution is -0.132. The number of aryl methyl sites for hydroxylation is 3. The highest BCUT2D eigenvalue weighted by atomic mass is 32.1. The van der Waals surface area contributed by atoms with Gasteiger partial charge in [-0.1, -0.05) is 65.4 Å². The minimum Gasteiger partial charge on any atom is -0.507 e. The van der Waals surface area contributed by atoms with E-state index in [0.717, 1.165) is 26.9 Å². The van der Waals surface area contributed by atoms with Crippen molar-refractivity contribution < 1.29 is 19.4 Å². The molecule has 0 bridgehead atoms. The molecule has 1 aliphatic rings. The second kappa shape index (κ2) is 8.67. The van der Waals surface area contributed by atoms with E-state index in [0.29, 0.717) is 22.0 Å². The third-order valence-corrected chi connectivity index (χ3v) is 7.23. The zero-order valence-corrected chi connectivity index (χ0v) is 20.6. The summed E-state index contributed by atoms with van der Waals surface area (Å²) in [6, 6.07) is 17.5. The lowest BCUT2D eigenvalue weighted by Crippen LogP contribution is -2.29. The van der Waals surface area contributed by atoms with Crippen LogP contribution < -0.4 is 9.64 Å². The van der Waals surface area contributed by atoms with E-state index in [1.165, 1.54) is 23.3 Å². The first-order valence-corrected chi connectivity index (χ1v) is 12.0. The van der Waals surface area contributed by atoms with E-state index < -0.39 is 17.7 Å². The Hall–Kier alpha value is -3.97. The zero-order valence-electron chi connectivity index (χ0n) is 19.8. The molecule has 0 radical (unpaired) electrons. The van der Waals surface area contributed by atoms with Gasteiger partial charge in [-0.05, 0) is 44.0 Å². The van der Waals surface area contributed by atoms with Gasteiger partial charge in [0.15, 0.2) is 5.13 Å². The largest absolute Gasteiger partial charge is 0.507 e. The maximum Gasteiger partial charge on any atom is 0.301 e. The van der Waals surface area contributed by atoms with Gasteiger partial charge in [0.1, 0.15) is 17.6 Å². The van der Waals surface area contributed by atoms with Crippen LogP contribution in [0.1, 0.15) is 33.9 Å². The molecule has 1 fully saturated rings. The Morgan fingerprint density at radius 2 is 1.71 bits per heavy atom. The summed E-state index contributed by atoms with van der Waals surface area (Å²) in [5.41, 5.74) is 4.95. The molecule has 1 aromatic heterocycles. The highest BCUT2D eigenvalue weighted by Gasteiger charge is 2.49. The molecule has 0 aliphatic carbocycles. The number of benzene rings is 3. The Kier molecular flexibility index (Phi) is 5.65. The molecule has 1 aliphatic heterocycles. The number of amides is 1. The number of rotatable bonds is 4. The first-order valence-electron chi connectivity index (χ1n) is 11.2. The molecular formula is C28H24N2O4S. The normalized spacial score (nSPS) is 17.4. The Balaban J connectivity index is 1.77. The average Bonchev–Trinajstić information content (AvgIpc) is 3.37. The summed E-state index contributed by atoms with van der Waals surface area (Å²) < 4.78 is 6.51. The number of aromatic nitrogens is 1. The summed E-state index contributed by atoms with van der Waals surface area (Å²) in [5, 5.41) is 11.7. The van der Waals surface area contributed by atoms with E-state index in [-0.39, 0.29) is 11.3 Å². The van der Waals surface area contributed by atoms with Gasteiger partial charge in [-0.3, -0.25) is 14.5 Å². The van der Waals surface area contributed by atoms with Gasteiger partial charge in [0, 0.05) is 11.1 Å². The molecule has 5 rings (SSSR count). The van der Waals surface area contributed by atoms with Crippen molar-refractivity contribution in [3.63, 3.8) is 0 Å². The van der Waals surface area contributed by atoms with Crippen LogP contribution in [-0.2, 0) is 9.59 Å². The van der Waals surface area contributed by atoms with Crippen LogP contribution in [0.3, 0.4) is 0 Å². The number of hydrogen-bond acceptors (Lipinski definition) is 6. The predicted molar refractivity (Wildman–Crippen MR) is 138 cm³/mol. The summed E-state index contributed by atoms with van der Waals surface area (Å²) in [5.74, 6) is -1.21. The number of carbonyl (C=O) groups is 2. The fraction of sp³-hybridized carbons (Fsp3) is 0.179. The molecule has 1 saturated heterocycles. The van der Waals surface area contributed by atoms with Crippen molar-refractivity contribution in [3.8, 4) is 5.75 Å². The number of hydrogen-bond donors (Lipinski definition) is 1. The summed E-state index contributed by atoms with van der Waals surface area (Å²) in [6.07, 6.45) is 0. The predicted octanol–water partition coefficient (Wildman–Crippen LogP) is 5.86. The number of carbonyl (C=O) groups excluding carboxylic acids is 2. The highest BCUT2D eigenvalue weighted by Crippen LogP contribution is 2.46. The van der Waals surface area contributed by atoms with E-state index >= 15 is 0 Å². The molecule has 6 nitrogen and oxygen atoms in total. The van der Waals surface area contributed by atoms with E-state index in [9.17, 15) is 14.7 Å². The Bertz CT molecular complexity index is 1520. The standard InChI is InChI=1S/C28H24N2O4S/c1-15-9-11-18(12-10-15)25(31)22-24(19-7-5-6-8-20(19)34-4)30(27(33)26(22)32)28-29-23-17(3)13-16(2)14-21(23)35-28/h5-14,24,31H,1-4H3. The van der Waals surface area contributed by atoms with E-state index in [4.69, 9.17) is 9.72 Å².